The van der Waals surface area contributed by atoms with Crippen molar-refractivity contribution in [2.24, 2.45) is 23.2 Å². The molecule has 1 aromatic carbocycles. The van der Waals surface area contributed by atoms with Crippen LogP contribution in [0.1, 0.15) is 48.9 Å². The van der Waals surface area contributed by atoms with E-state index in [1.165, 1.54) is 51.7 Å². The second-order valence-electron chi connectivity index (χ2n) is 8.62. The van der Waals surface area contributed by atoms with Gasteiger partial charge in [-0.15, -0.1) is 0 Å². The van der Waals surface area contributed by atoms with Crippen molar-refractivity contribution in [3.05, 3.63) is 28.8 Å². The molecule has 4 fully saturated rings. The van der Waals surface area contributed by atoms with Gasteiger partial charge in [0.2, 0.25) is 0 Å². The summed E-state index contributed by atoms with van der Waals surface area (Å²) in [5, 5.41) is 3.42. The lowest BCUT2D eigenvalue weighted by Crippen LogP contribution is -2.51. The van der Waals surface area contributed by atoms with Gasteiger partial charge in [0.15, 0.2) is 6.61 Å². The molecule has 27 heavy (non-hydrogen) atoms. The monoisotopic (exact) mass is 391 g/mol. The molecule has 1 amide bonds. The predicted octanol–water partition coefficient (Wildman–Crippen LogP) is 3.84. The Bertz CT molecular complexity index is 712. The summed E-state index contributed by atoms with van der Waals surface area (Å²) in [4.78, 5) is 24.5. The smallest absolute Gasteiger partial charge is 0.342 e. The van der Waals surface area contributed by atoms with Crippen molar-refractivity contribution in [1.29, 1.82) is 0 Å². The normalized spacial score (nSPS) is 30.8. The predicted molar refractivity (Wildman–Crippen MR) is 102 cm³/mol. The summed E-state index contributed by atoms with van der Waals surface area (Å²) in [5.74, 6) is 2.06. The van der Waals surface area contributed by atoms with E-state index in [0.717, 1.165) is 17.8 Å². The van der Waals surface area contributed by atoms with Crippen LogP contribution in [0.5, 0.6) is 5.75 Å². The molecule has 0 unspecified atom stereocenters. The van der Waals surface area contributed by atoms with Crippen molar-refractivity contribution < 1.29 is 19.1 Å². The van der Waals surface area contributed by atoms with Crippen LogP contribution in [0, 0.1) is 23.2 Å². The number of hydrogen-bond acceptors (Lipinski definition) is 4. The van der Waals surface area contributed by atoms with Gasteiger partial charge in [-0.2, -0.15) is 0 Å². The van der Waals surface area contributed by atoms with Crippen molar-refractivity contribution in [3.63, 3.8) is 0 Å². The molecule has 0 aromatic heterocycles. The van der Waals surface area contributed by atoms with Crippen LogP contribution in [0.4, 0.5) is 0 Å². The second-order valence-corrected chi connectivity index (χ2v) is 9.05. The molecule has 4 aliphatic rings. The third-order valence-electron chi connectivity index (χ3n) is 6.54. The van der Waals surface area contributed by atoms with Gasteiger partial charge in [-0.1, -0.05) is 11.6 Å². The van der Waals surface area contributed by atoms with Gasteiger partial charge in [0.1, 0.15) is 11.3 Å². The summed E-state index contributed by atoms with van der Waals surface area (Å²) < 4.78 is 10.3. The maximum Gasteiger partial charge on any atom is 0.342 e. The van der Waals surface area contributed by atoms with E-state index in [2.05, 4.69) is 5.32 Å². The van der Waals surface area contributed by atoms with Gasteiger partial charge in [-0.3, -0.25) is 4.79 Å². The Labute approximate surface area is 164 Å². The maximum absolute atomic E-state index is 12.3. The summed E-state index contributed by atoms with van der Waals surface area (Å²) in [6.07, 6.45) is 7.85. The van der Waals surface area contributed by atoms with E-state index in [0.29, 0.717) is 17.3 Å². The third-order valence-corrected chi connectivity index (χ3v) is 6.78. The lowest BCUT2D eigenvalue weighted by Gasteiger charge is -2.56. The molecule has 146 valence electrons. The summed E-state index contributed by atoms with van der Waals surface area (Å²) >= 11 is 5.94. The van der Waals surface area contributed by atoms with E-state index in [9.17, 15) is 9.59 Å². The maximum atomic E-state index is 12.3. The van der Waals surface area contributed by atoms with Crippen LogP contribution < -0.4 is 10.1 Å². The molecule has 1 aromatic rings. The number of benzene rings is 1. The van der Waals surface area contributed by atoms with Crippen molar-refractivity contribution in [1.82, 2.24) is 5.32 Å². The van der Waals surface area contributed by atoms with E-state index in [4.69, 9.17) is 21.1 Å². The number of carbonyl (C=O) groups is 2. The minimum absolute atomic E-state index is 0.221. The van der Waals surface area contributed by atoms with Gasteiger partial charge >= 0.3 is 5.97 Å². The SMILES string of the molecule is COc1ccc(Cl)cc1C(=O)OCC(=O)NCC12CC3CC(CC(C3)C1)C2. The highest BCUT2D eigenvalue weighted by Crippen LogP contribution is 2.59. The zero-order chi connectivity index (χ0) is 19.0. The largest absolute Gasteiger partial charge is 0.496 e. The molecule has 0 atom stereocenters. The first kappa shape index (κ1) is 18.6. The van der Waals surface area contributed by atoms with E-state index in [1.807, 2.05) is 0 Å². The lowest BCUT2D eigenvalue weighted by molar-refractivity contribution is -0.126. The average Bonchev–Trinajstić information content (AvgIpc) is 2.63. The zero-order valence-corrected chi connectivity index (χ0v) is 16.4. The van der Waals surface area contributed by atoms with Crippen molar-refractivity contribution in [2.75, 3.05) is 20.3 Å². The molecule has 0 spiro atoms. The van der Waals surface area contributed by atoms with Crippen molar-refractivity contribution in [3.8, 4) is 5.75 Å². The molecule has 0 saturated heterocycles. The standard InChI is InChI=1S/C21H26ClNO4/c1-26-18-3-2-16(22)7-17(18)20(25)27-11-19(24)23-12-21-8-13-4-14(9-21)6-15(5-13)10-21/h2-3,7,13-15H,4-6,8-12H2,1H3,(H,23,24). The number of methoxy groups -OCH3 is 1. The fourth-order valence-corrected chi connectivity index (χ4v) is 6.06. The molecule has 0 heterocycles. The van der Waals surface area contributed by atoms with Crippen LogP contribution in [-0.4, -0.2) is 32.1 Å². The van der Waals surface area contributed by atoms with Crippen LogP contribution in [0.25, 0.3) is 0 Å². The van der Waals surface area contributed by atoms with Gasteiger partial charge in [-0.05, 0) is 79.9 Å². The first-order valence-electron chi connectivity index (χ1n) is 9.74. The Balaban J connectivity index is 1.29. The van der Waals surface area contributed by atoms with E-state index in [1.54, 1.807) is 12.1 Å². The van der Waals surface area contributed by atoms with Crippen LogP contribution in [0.3, 0.4) is 0 Å². The third kappa shape index (κ3) is 3.93. The Kier molecular flexibility index (Phi) is 5.06. The minimum Gasteiger partial charge on any atom is -0.496 e. The molecule has 4 bridgehead atoms. The van der Waals surface area contributed by atoms with Crippen LogP contribution in [0.2, 0.25) is 5.02 Å². The number of hydrogen-bond donors (Lipinski definition) is 1. The van der Waals surface area contributed by atoms with Gasteiger partial charge in [0.05, 0.1) is 7.11 Å². The zero-order valence-electron chi connectivity index (χ0n) is 15.6. The highest BCUT2D eigenvalue weighted by Gasteiger charge is 2.50. The van der Waals surface area contributed by atoms with Crippen molar-refractivity contribution >= 4 is 23.5 Å². The highest BCUT2D eigenvalue weighted by molar-refractivity contribution is 6.31. The number of halogens is 1. The molecule has 5 rings (SSSR count). The molecule has 1 N–H and O–H groups in total. The highest BCUT2D eigenvalue weighted by atomic mass is 35.5. The molecule has 6 heteroatoms. The van der Waals surface area contributed by atoms with Gasteiger partial charge in [0.25, 0.3) is 5.91 Å². The number of nitrogens with one attached hydrogen (secondary N) is 1. The topological polar surface area (TPSA) is 64.6 Å². The van der Waals surface area contributed by atoms with Crippen LogP contribution in [0.15, 0.2) is 18.2 Å². The molecule has 0 radical (unpaired) electrons. The quantitative estimate of drug-likeness (QED) is 0.748. The molecule has 5 nitrogen and oxygen atoms in total. The second kappa shape index (κ2) is 7.34. The summed E-state index contributed by atoms with van der Waals surface area (Å²) in [6, 6.07) is 4.72. The Hall–Kier alpha value is -1.75. The van der Waals surface area contributed by atoms with E-state index < -0.39 is 5.97 Å². The molecule has 4 saturated carbocycles. The number of ether oxygens (including phenoxy) is 2. The number of rotatable bonds is 6. The van der Waals surface area contributed by atoms with Crippen molar-refractivity contribution in [2.45, 2.75) is 38.5 Å². The summed E-state index contributed by atoms with van der Waals surface area (Å²) in [7, 11) is 1.47. The van der Waals surface area contributed by atoms with Gasteiger partial charge in [-0.25, -0.2) is 4.79 Å². The number of carbonyl (C=O) groups excluding carboxylic acids is 2. The Morgan fingerprint density at radius 2 is 1.78 bits per heavy atom. The average molecular weight is 392 g/mol. The Morgan fingerprint density at radius 1 is 1.15 bits per heavy atom. The summed E-state index contributed by atoms with van der Waals surface area (Å²) in [6.45, 7) is 0.411. The number of esters is 1. The summed E-state index contributed by atoms with van der Waals surface area (Å²) in [5.41, 5.74) is 0.490. The molecule has 4 aliphatic carbocycles. The molecular weight excluding hydrogens is 366 g/mol. The fraction of sp³-hybridized carbons (Fsp3) is 0.619. The molecule has 0 aliphatic heterocycles. The lowest BCUT2D eigenvalue weighted by atomic mass is 9.49. The van der Waals surface area contributed by atoms with Crippen LogP contribution >= 0.6 is 11.6 Å². The van der Waals surface area contributed by atoms with Crippen LogP contribution in [-0.2, 0) is 9.53 Å². The van der Waals surface area contributed by atoms with Gasteiger partial charge in [0, 0.05) is 11.6 Å². The first-order chi connectivity index (χ1) is 13.0. The Morgan fingerprint density at radius 3 is 2.37 bits per heavy atom. The van der Waals surface area contributed by atoms with E-state index in [-0.39, 0.29) is 23.5 Å². The van der Waals surface area contributed by atoms with Gasteiger partial charge < -0.3 is 14.8 Å². The minimum atomic E-state index is -0.612. The van der Waals surface area contributed by atoms with E-state index >= 15 is 0 Å². The molecular formula is C21H26ClNO4. The fourth-order valence-electron chi connectivity index (χ4n) is 5.89. The first-order valence-corrected chi connectivity index (χ1v) is 10.1. The number of amides is 1.